The van der Waals surface area contributed by atoms with Crippen LogP contribution in [-0.2, 0) is 0 Å². The highest BCUT2D eigenvalue weighted by Crippen LogP contribution is 2.35. The summed E-state index contributed by atoms with van der Waals surface area (Å²) in [6, 6.07) is 6.92. The van der Waals surface area contributed by atoms with Gasteiger partial charge in [-0.2, -0.15) is 5.10 Å². The van der Waals surface area contributed by atoms with E-state index in [-0.39, 0.29) is 0 Å². The van der Waals surface area contributed by atoms with Crippen molar-refractivity contribution in [3.8, 4) is 0 Å². The van der Waals surface area contributed by atoms with Crippen LogP contribution < -0.4 is 5.32 Å². The number of fused-ring (bicyclic) bond motifs is 1. The summed E-state index contributed by atoms with van der Waals surface area (Å²) in [6.45, 7) is 4.79. The maximum atomic E-state index is 4.13. The summed E-state index contributed by atoms with van der Waals surface area (Å²) in [4.78, 5) is 0. The first-order valence-corrected chi connectivity index (χ1v) is 7.33. The Labute approximate surface area is 114 Å². The summed E-state index contributed by atoms with van der Waals surface area (Å²) in [6.07, 6.45) is 8.44. The van der Waals surface area contributed by atoms with Gasteiger partial charge in [0.15, 0.2) is 0 Å². The summed E-state index contributed by atoms with van der Waals surface area (Å²) < 4.78 is 0. The molecule has 0 spiro atoms. The molecule has 3 heteroatoms. The van der Waals surface area contributed by atoms with E-state index in [1.54, 1.807) is 0 Å². The highest BCUT2D eigenvalue weighted by molar-refractivity contribution is 5.90. The van der Waals surface area contributed by atoms with Crippen LogP contribution in [-0.4, -0.2) is 16.2 Å². The number of nitrogens with zero attached hydrogens (tertiary/aromatic N) is 1. The number of aromatic amines is 1. The van der Waals surface area contributed by atoms with Crippen LogP contribution in [0.1, 0.15) is 46.0 Å². The number of hydrogen-bond acceptors (Lipinski definition) is 2. The highest BCUT2D eigenvalue weighted by Gasteiger charge is 2.24. The minimum atomic E-state index is 0.512. The molecule has 3 nitrogen and oxygen atoms in total. The predicted octanol–water partition coefficient (Wildman–Crippen LogP) is 4.33. The van der Waals surface area contributed by atoms with Gasteiger partial charge in [-0.1, -0.05) is 26.3 Å². The SMILES string of the molecule is CC1(C)CCCC(Nc2cccc3[nH]ncc23)CC1. The fraction of sp³-hybridized carbons (Fsp3) is 0.562. The van der Waals surface area contributed by atoms with Gasteiger partial charge in [-0.3, -0.25) is 5.10 Å². The second-order valence-electron chi connectivity index (χ2n) is 6.57. The van der Waals surface area contributed by atoms with Crippen molar-refractivity contribution in [3.05, 3.63) is 24.4 Å². The van der Waals surface area contributed by atoms with Gasteiger partial charge in [0.25, 0.3) is 0 Å². The van der Waals surface area contributed by atoms with Crippen LogP contribution in [0, 0.1) is 5.41 Å². The maximum absolute atomic E-state index is 4.13. The molecular weight excluding hydrogens is 234 g/mol. The minimum Gasteiger partial charge on any atom is -0.382 e. The lowest BCUT2D eigenvalue weighted by molar-refractivity contribution is 0.313. The van der Waals surface area contributed by atoms with Gasteiger partial charge >= 0.3 is 0 Å². The summed E-state index contributed by atoms with van der Waals surface area (Å²) in [5, 5.41) is 12.1. The number of benzene rings is 1. The molecule has 0 aliphatic heterocycles. The molecule has 0 radical (unpaired) electrons. The molecule has 1 aromatic carbocycles. The van der Waals surface area contributed by atoms with E-state index in [4.69, 9.17) is 0 Å². The Morgan fingerprint density at radius 1 is 1.26 bits per heavy atom. The van der Waals surface area contributed by atoms with Crippen molar-refractivity contribution in [2.75, 3.05) is 5.32 Å². The van der Waals surface area contributed by atoms with Gasteiger partial charge in [-0.25, -0.2) is 0 Å². The quantitative estimate of drug-likeness (QED) is 0.786. The molecule has 1 saturated carbocycles. The van der Waals surface area contributed by atoms with Crippen LogP contribution in [0.3, 0.4) is 0 Å². The first kappa shape index (κ1) is 12.5. The van der Waals surface area contributed by atoms with Crippen LogP contribution in [0.5, 0.6) is 0 Å². The zero-order valence-electron chi connectivity index (χ0n) is 11.9. The predicted molar refractivity (Wildman–Crippen MR) is 80.4 cm³/mol. The van der Waals surface area contributed by atoms with Crippen molar-refractivity contribution in [1.29, 1.82) is 0 Å². The molecule has 2 aromatic rings. The van der Waals surface area contributed by atoms with E-state index in [0.29, 0.717) is 11.5 Å². The van der Waals surface area contributed by atoms with Crippen LogP contribution in [0.25, 0.3) is 10.9 Å². The molecule has 1 atom stereocenters. The molecule has 0 saturated heterocycles. The summed E-state index contributed by atoms with van der Waals surface area (Å²) in [5.41, 5.74) is 2.84. The Bertz CT molecular complexity index is 556. The van der Waals surface area contributed by atoms with Gasteiger partial charge in [0, 0.05) is 17.1 Å². The largest absolute Gasteiger partial charge is 0.382 e. The Morgan fingerprint density at radius 3 is 3.05 bits per heavy atom. The molecule has 0 amide bonds. The van der Waals surface area contributed by atoms with Gasteiger partial charge in [0.1, 0.15) is 0 Å². The number of hydrogen-bond donors (Lipinski definition) is 2. The van der Waals surface area contributed by atoms with Crippen molar-refractivity contribution in [3.63, 3.8) is 0 Å². The fourth-order valence-electron chi connectivity index (χ4n) is 3.12. The maximum Gasteiger partial charge on any atom is 0.0671 e. The first-order valence-electron chi connectivity index (χ1n) is 7.33. The Hall–Kier alpha value is -1.51. The number of rotatable bonds is 2. The minimum absolute atomic E-state index is 0.512. The lowest BCUT2D eigenvalue weighted by Crippen LogP contribution is -2.19. The van der Waals surface area contributed by atoms with E-state index in [1.807, 2.05) is 6.20 Å². The smallest absolute Gasteiger partial charge is 0.0671 e. The van der Waals surface area contributed by atoms with Gasteiger partial charge in [0.2, 0.25) is 0 Å². The first-order chi connectivity index (χ1) is 9.14. The third-order valence-corrected chi connectivity index (χ3v) is 4.42. The van der Waals surface area contributed by atoms with Gasteiger partial charge in [0.05, 0.1) is 11.7 Å². The van der Waals surface area contributed by atoms with Gasteiger partial charge in [-0.15, -0.1) is 0 Å². The fourth-order valence-corrected chi connectivity index (χ4v) is 3.12. The Morgan fingerprint density at radius 2 is 2.16 bits per heavy atom. The average Bonchev–Trinajstić information content (AvgIpc) is 2.78. The molecule has 1 fully saturated rings. The molecule has 1 aliphatic carbocycles. The molecule has 1 heterocycles. The van der Waals surface area contributed by atoms with E-state index in [2.05, 4.69) is 47.6 Å². The summed E-state index contributed by atoms with van der Waals surface area (Å²) in [7, 11) is 0. The van der Waals surface area contributed by atoms with Crippen molar-refractivity contribution < 1.29 is 0 Å². The van der Waals surface area contributed by atoms with E-state index in [9.17, 15) is 0 Å². The molecule has 19 heavy (non-hydrogen) atoms. The highest BCUT2D eigenvalue weighted by atomic mass is 15.1. The monoisotopic (exact) mass is 257 g/mol. The van der Waals surface area contributed by atoms with Crippen LogP contribution in [0.2, 0.25) is 0 Å². The topological polar surface area (TPSA) is 40.7 Å². The molecular formula is C16H23N3. The van der Waals surface area contributed by atoms with Crippen LogP contribution in [0.4, 0.5) is 5.69 Å². The van der Waals surface area contributed by atoms with E-state index >= 15 is 0 Å². The lowest BCUT2D eigenvalue weighted by Gasteiger charge is -2.22. The van der Waals surface area contributed by atoms with Gasteiger partial charge in [-0.05, 0) is 43.2 Å². The summed E-state index contributed by atoms with van der Waals surface area (Å²) in [5.74, 6) is 0. The van der Waals surface area contributed by atoms with Crippen LogP contribution in [0.15, 0.2) is 24.4 Å². The zero-order valence-corrected chi connectivity index (χ0v) is 11.9. The Kier molecular flexibility index (Phi) is 3.21. The number of H-pyrrole nitrogens is 1. The number of nitrogens with one attached hydrogen (secondary N) is 2. The van der Waals surface area contributed by atoms with Crippen molar-refractivity contribution >= 4 is 16.6 Å². The molecule has 1 unspecified atom stereocenters. The van der Waals surface area contributed by atoms with Gasteiger partial charge < -0.3 is 5.32 Å². The van der Waals surface area contributed by atoms with Crippen molar-refractivity contribution in [2.45, 2.75) is 52.0 Å². The third kappa shape index (κ3) is 2.75. The van der Waals surface area contributed by atoms with Crippen LogP contribution >= 0.6 is 0 Å². The molecule has 1 aliphatic rings. The standard InChI is InChI=1S/C16H23N3/c1-16(2)9-4-5-12(8-10-16)18-14-6-3-7-15-13(14)11-17-19-15/h3,6-7,11-12,18H,4-5,8-10H2,1-2H3,(H,17,19). The molecule has 2 N–H and O–H groups in total. The Balaban J connectivity index is 1.76. The lowest BCUT2D eigenvalue weighted by atomic mass is 9.85. The molecule has 3 rings (SSSR count). The van der Waals surface area contributed by atoms with E-state index in [0.717, 1.165) is 5.52 Å². The molecule has 1 aromatic heterocycles. The third-order valence-electron chi connectivity index (χ3n) is 4.42. The molecule has 102 valence electrons. The summed E-state index contributed by atoms with van der Waals surface area (Å²) >= 11 is 0. The average molecular weight is 257 g/mol. The second kappa shape index (κ2) is 4.87. The normalized spacial score (nSPS) is 23.2. The second-order valence-corrected chi connectivity index (χ2v) is 6.57. The van der Waals surface area contributed by atoms with E-state index < -0.39 is 0 Å². The van der Waals surface area contributed by atoms with Crippen molar-refractivity contribution in [1.82, 2.24) is 10.2 Å². The van der Waals surface area contributed by atoms with E-state index in [1.165, 1.54) is 43.2 Å². The molecule has 0 bridgehead atoms. The number of aromatic nitrogens is 2. The zero-order chi connectivity index (χ0) is 13.3. The van der Waals surface area contributed by atoms with Crippen molar-refractivity contribution in [2.24, 2.45) is 5.41 Å². The number of anilines is 1.